The molecule has 0 spiro atoms. The summed E-state index contributed by atoms with van der Waals surface area (Å²) in [6, 6.07) is 12.2. The van der Waals surface area contributed by atoms with Crippen LogP contribution in [0.1, 0.15) is 16.8 Å². The first-order valence-electron chi connectivity index (χ1n) is 6.27. The summed E-state index contributed by atoms with van der Waals surface area (Å²) < 4.78 is 14.9. The standard InChI is InChI=1S/C16H12FN3/c1-20-7-6-15-16(20)12(9-14(10-18)19-15)8-11-2-4-13(17)5-3-11/h2-7,9H,8H2,1H3. The van der Waals surface area contributed by atoms with Gasteiger partial charge in [-0.2, -0.15) is 5.26 Å². The van der Waals surface area contributed by atoms with Gasteiger partial charge in [0.05, 0.1) is 11.0 Å². The van der Waals surface area contributed by atoms with Gasteiger partial charge in [-0.15, -0.1) is 0 Å². The molecule has 0 atom stereocenters. The largest absolute Gasteiger partial charge is 0.349 e. The summed E-state index contributed by atoms with van der Waals surface area (Å²) in [6.45, 7) is 0. The number of nitrogens with zero attached hydrogens (tertiary/aromatic N) is 3. The summed E-state index contributed by atoms with van der Waals surface area (Å²) >= 11 is 0. The fourth-order valence-corrected chi connectivity index (χ4v) is 2.41. The fourth-order valence-electron chi connectivity index (χ4n) is 2.41. The Balaban J connectivity index is 2.12. The van der Waals surface area contributed by atoms with Crippen LogP contribution in [0.25, 0.3) is 11.0 Å². The zero-order chi connectivity index (χ0) is 14.1. The van der Waals surface area contributed by atoms with Gasteiger partial charge in [-0.25, -0.2) is 9.37 Å². The van der Waals surface area contributed by atoms with E-state index < -0.39 is 0 Å². The highest BCUT2D eigenvalue weighted by atomic mass is 19.1. The van der Waals surface area contributed by atoms with Crippen LogP contribution in [0, 0.1) is 17.1 Å². The maximum absolute atomic E-state index is 13.0. The average Bonchev–Trinajstić information content (AvgIpc) is 2.83. The Morgan fingerprint density at radius 1 is 1.25 bits per heavy atom. The fraction of sp³-hybridized carbons (Fsp3) is 0.125. The minimum Gasteiger partial charge on any atom is -0.349 e. The molecule has 0 aliphatic rings. The van der Waals surface area contributed by atoms with E-state index in [1.54, 1.807) is 18.2 Å². The number of benzene rings is 1. The Labute approximate surface area is 115 Å². The summed E-state index contributed by atoms with van der Waals surface area (Å²) in [4.78, 5) is 4.29. The van der Waals surface area contributed by atoms with Crippen molar-refractivity contribution in [2.75, 3.05) is 0 Å². The molecule has 2 aromatic heterocycles. The predicted molar refractivity (Wildman–Crippen MR) is 74.6 cm³/mol. The first-order valence-corrected chi connectivity index (χ1v) is 6.27. The summed E-state index contributed by atoms with van der Waals surface area (Å²) in [6.07, 6.45) is 2.57. The Morgan fingerprint density at radius 3 is 2.70 bits per heavy atom. The summed E-state index contributed by atoms with van der Waals surface area (Å²) in [5.41, 5.74) is 4.24. The molecule has 0 N–H and O–H groups in total. The molecular weight excluding hydrogens is 253 g/mol. The lowest BCUT2D eigenvalue weighted by Gasteiger charge is -2.07. The molecule has 3 nitrogen and oxygen atoms in total. The zero-order valence-corrected chi connectivity index (χ0v) is 11.0. The minimum atomic E-state index is -0.245. The van der Waals surface area contributed by atoms with Crippen molar-refractivity contribution in [1.82, 2.24) is 9.55 Å². The molecule has 0 radical (unpaired) electrons. The number of hydrogen-bond donors (Lipinski definition) is 0. The van der Waals surface area contributed by atoms with E-state index in [0.29, 0.717) is 12.1 Å². The zero-order valence-electron chi connectivity index (χ0n) is 11.0. The highest BCUT2D eigenvalue weighted by Crippen LogP contribution is 2.22. The van der Waals surface area contributed by atoms with Gasteiger partial charge in [0, 0.05) is 13.2 Å². The van der Waals surface area contributed by atoms with Crippen LogP contribution in [0.15, 0.2) is 42.6 Å². The smallest absolute Gasteiger partial charge is 0.141 e. The van der Waals surface area contributed by atoms with Crippen LogP contribution in [0.5, 0.6) is 0 Å². The van der Waals surface area contributed by atoms with E-state index in [-0.39, 0.29) is 5.82 Å². The van der Waals surface area contributed by atoms with E-state index in [1.807, 2.05) is 23.9 Å². The van der Waals surface area contributed by atoms with Gasteiger partial charge in [0.15, 0.2) is 0 Å². The number of hydrogen-bond acceptors (Lipinski definition) is 2. The highest BCUT2D eigenvalue weighted by Gasteiger charge is 2.09. The van der Waals surface area contributed by atoms with Crippen LogP contribution >= 0.6 is 0 Å². The molecule has 0 aliphatic heterocycles. The average molecular weight is 265 g/mol. The van der Waals surface area contributed by atoms with Crippen molar-refractivity contribution in [3.63, 3.8) is 0 Å². The highest BCUT2D eigenvalue weighted by molar-refractivity contribution is 5.80. The molecule has 0 amide bonds. The van der Waals surface area contributed by atoms with E-state index in [2.05, 4.69) is 11.1 Å². The van der Waals surface area contributed by atoms with Gasteiger partial charge in [0.2, 0.25) is 0 Å². The van der Waals surface area contributed by atoms with Gasteiger partial charge in [0.25, 0.3) is 0 Å². The quantitative estimate of drug-likeness (QED) is 0.714. The Hall–Kier alpha value is -2.67. The summed E-state index contributed by atoms with van der Waals surface area (Å²) in [5.74, 6) is -0.245. The third kappa shape index (κ3) is 2.14. The van der Waals surface area contributed by atoms with Gasteiger partial charge < -0.3 is 4.57 Å². The molecule has 0 aliphatic carbocycles. The van der Waals surface area contributed by atoms with E-state index in [9.17, 15) is 4.39 Å². The molecule has 3 rings (SSSR count). The van der Waals surface area contributed by atoms with Crippen LogP contribution in [0.4, 0.5) is 4.39 Å². The van der Waals surface area contributed by atoms with Crippen molar-refractivity contribution in [3.05, 3.63) is 65.2 Å². The van der Waals surface area contributed by atoms with Crippen molar-refractivity contribution < 1.29 is 4.39 Å². The molecule has 0 fully saturated rings. The number of pyridine rings is 1. The van der Waals surface area contributed by atoms with E-state index >= 15 is 0 Å². The number of rotatable bonds is 2. The van der Waals surface area contributed by atoms with Crippen LogP contribution in [0.2, 0.25) is 0 Å². The van der Waals surface area contributed by atoms with Gasteiger partial charge in [0.1, 0.15) is 17.6 Å². The molecule has 2 heterocycles. The summed E-state index contributed by atoms with van der Waals surface area (Å²) in [5, 5.41) is 9.06. The Bertz CT molecular complexity index is 810. The number of aromatic nitrogens is 2. The Morgan fingerprint density at radius 2 is 2.00 bits per heavy atom. The lowest BCUT2D eigenvalue weighted by Crippen LogP contribution is -1.97. The molecule has 4 heteroatoms. The first kappa shape index (κ1) is 12.4. The molecule has 98 valence electrons. The molecule has 0 saturated carbocycles. The molecule has 20 heavy (non-hydrogen) atoms. The van der Waals surface area contributed by atoms with Crippen molar-refractivity contribution in [2.45, 2.75) is 6.42 Å². The topological polar surface area (TPSA) is 41.6 Å². The van der Waals surface area contributed by atoms with E-state index in [0.717, 1.165) is 22.2 Å². The number of aryl methyl sites for hydroxylation is 1. The van der Waals surface area contributed by atoms with Crippen molar-refractivity contribution in [1.29, 1.82) is 5.26 Å². The number of nitriles is 1. The van der Waals surface area contributed by atoms with Crippen LogP contribution in [-0.4, -0.2) is 9.55 Å². The van der Waals surface area contributed by atoms with Crippen molar-refractivity contribution >= 4 is 11.0 Å². The molecule has 0 unspecified atom stereocenters. The first-order chi connectivity index (χ1) is 9.67. The van der Waals surface area contributed by atoms with Gasteiger partial charge >= 0.3 is 0 Å². The second kappa shape index (κ2) is 4.78. The third-order valence-electron chi connectivity index (χ3n) is 3.33. The number of fused-ring (bicyclic) bond motifs is 1. The number of halogens is 1. The molecule has 3 aromatic rings. The van der Waals surface area contributed by atoms with Gasteiger partial charge in [-0.05, 0) is 41.8 Å². The normalized spacial score (nSPS) is 10.7. The lowest BCUT2D eigenvalue weighted by molar-refractivity contribution is 0.627. The minimum absolute atomic E-state index is 0.245. The maximum atomic E-state index is 13.0. The summed E-state index contributed by atoms with van der Waals surface area (Å²) in [7, 11) is 1.95. The van der Waals surface area contributed by atoms with Gasteiger partial charge in [-0.3, -0.25) is 0 Å². The van der Waals surface area contributed by atoms with E-state index in [4.69, 9.17) is 5.26 Å². The second-order valence-corrected chi connectivity index (χ2v) is 4.74. The molecule has 1 aromatic carbocycles. The van der Waals surface area contributed by atoms with Crippen LogP contribution < -0.4 is 0 Å². The van der Waals surface area contributed by atoms with Gasteiger partial charge in [-0.1, -0.05) is 12.1 Å². The van der Waals surface area contributed by atoms with Crippen LogP contribution in [0.3, 0.4) is 0 Å². The monoisotopic (exact) mass is 265 g/mol. The van der Waals surface area contributed by atoms with Crippen LogP contribution in [-0.2, 0) is 13.5 Å². The third-order valence-corrected chi connectivity index (χ3v) is 3.33. The SMILES string of the molecule is Cn1ccc2nc(C#N)cc(Cc3ccc(F)cc3)c21. The van der Waals surface area contributed by atoms with Crippen molar-refractivity contribution in [2.24, 2.45) is 7.05 Å². The Kier molecular flexibility index (Phi) is 2.96. The predicted octanol–water partition coefficient (Wildman–Crippen LogP) is 3.17. The lowest BCUT2D eigenvalue weighted by atomic mass is 10.0. The second-order valence-electron chi connectivity index (χ2n) is 4.74. The molecule has 0 bridgehead atoms. The van der Waals surface area contributed by atoms with Crippen molar-refractivity contribution in [3.8, 4) is 6.07 Å². The maximum Gasteiger partial charge on any atom is 0.141 e. The molecule has 0 saturated heterocycles. The molecular formula is C16H12FN3. The van der Waals surface area contributed by atoms with E-state index in [1.165, 1.54) is 12.1 Å².